The molecule has 0 radical (unpaired) electrons. The number of H-pyrrole nitrogens is 1. The Hall–Kier alpha value is -1.97. The Kier molecular flexibility index (Phi) is 3.15. The molecule has 0 saturated heterocycles. The van der Waals surface area contributed by atoms with Crippen LogP contribution in [0.5, 0.6) is 5.75 Å². The molecule has 0 atom stereocenters. The predicted octanol–water partition coefficient (Wildman–Crippen LogP) is 2.39. The van der Waals surface area contributed by atoms with Crippen LogP contribution in [0, 0.1) is 0 Å². The van der Waals surface area contributed by atoms with Crippen LogP contribution in [0.3, 0.4) is 0 Å². The highest BCUT2D eigenvalue weighted by Gasteiger charge is 2.20. The van der Waals surface area contributed by atoms with Crippen LogP contribution in [-0.2, 0) is 11.2 Å². The molecule has 1 aliphatic carbocycles. The molecule has 1 heterocycles. The van der Waals surface area contributed by atoms with Crippen LogP contribution in [0.4, 0.5) is 0 Å². The molecule has 2 aromatic rings. The van der Waals surface area contributed by atoms with Gasteiger partial charge in [0.1, 0.15) is 5.75 Å². The van der Waals surface area contributed by atoms with Gasteiger partial charge in [0.25, 0.3) is 0 Å². The first-order valence-corrected chi connectivity index (χ1v) is 6.70. The molecule has 0 bridgehead atoms. The van der Waals surface area contributed by atoms with E-state index < -0.39 is 0 Å². The number of nitrogens with one attached hydrogen (secondary N) is 2. The summed E-state index contributed by atoms with van der Waals surface area (Å²) in [4.78, 5) is 15.2. The molecular formula is C15H18N2O2. The Morgan fingerprint density at radius 2 is 2.32 bits per heavy atom. The lowest BCUT2D eigenvalue weighted by molar-refractivity contribution is -0.121. The third kappa shape index (κ3) is 2.30. The van der Waals surface area contributed by atoms with Crippen molar-refractivity contribution in [2.45, 2.75) is 31.7 Å². The molecule has 1 aromatic carbocycles. The summed E-state index contributed by atoms with van der Waals surface area (Å²) in [6.07, 6.45) is 5.75. The van der Waals surface area contributed by atoms with Gasteiger partial charge in [-0.15, -0.1) is 0 Å². The highest BCUT2D eigenvalue weighted by Crippen LogP contribution is 2.29. The molecule has 1 amide bonds. The van der Waals surface area contributed by atoms with Crippen molar-refractivity contribution in [2.24, 2.45) is 0 Å². The number of aromatic nitrogens is 1. The number of fused-ring (bicyclic) bond motifs is 1. The second kappa shape index (κ2) is 4.96. The number of benzene rings is 1. The zero-order chi connectivity index (χ0) is 13.2. The van der Waals surface area contributed by atoms with Crippen LogP contribution in [0.15, 0.2) is 24.4 Å². The predicted molar refractivity (Wildman–Crippen MR) is 74.3 cm³/mol. The standard InChI is InChI=1S/C15H18N2O2/c1-19-13-7-3-6-12-15(13)10(9-16-12)8-14(18)17-11-4-2-5-11/h3,6-7,9,11,16H,2,4-5,8H2,1H3,(H,17,18). The maximum Gasteiger partial charge on any atom is 0.224 e. The zero-order valence-electron chi connectivity index (χ0n) is 11.0. The topological polar surface area (TPSA) is 54.1 Å². The minimum atomic E-state index is 0.0940. The molecular weight excluding hydrogens is 240 g/mol. The fourth-order valence-electron chi connectivity index (χ4n) is 2.53. The highest BCUT2D eigenvalue weighted by molar-refractivity contribution is 5.93. The van der Waals surface area contributed by atoms with Gasteiger partial charge in [0.15, 0.2) is 0 Å². The second-order valence-corrected chi connectivity index (χ2v) is 5.07. The monoisotopic (exact) mass is 258 g/mol. The van der Waals surface area contributed by atoms with Crippen molar-refractivity contribution < 1.29 is 9.53 Å². The lowest BCUT2D eigenvalue weighted by Crippen LogP contribution is -2.40. The lowest BCUT2D eigenvalue weighted by atomic mass is 9.93. The molecule has 19 heavy (non-hydrogen) atoms. The van der Waals surface area contributed by atoms with Crippen molar-refractivity contribution in [3.63, 3.8) is 0 Å². The van der Waals surface area contributed by atoms with Gasteiger partial charge in [0.2, 0.25) is 5.91 Å². The molecule has 4 nitrogen and oxygen atoms in total. The highest BCUT2D eigenvalue weighted by atomic mass is 16.5. The van der Waals surface area contributed by atoms with Gasteiger partial charge >= 0.3 is 0 Å². The summed E-state index contributed by atoms with van der Waals surface area (Å²) in [7, 11) is 1.65. The molecule has 0 spiro atoms. The summed E-state index contributed by atoms with van der Waals surface area (Å²) in [5.74, 6) is 0.904. The van der Waals surface area contributed by atoms with Crippen molar-refractivity contribution >= 4 is 16.8 Å². The summed E-state index contributed by atoms with van der Waals surface area (Å²) in [5.41, 5.74) is 2.00. The average molecular weight is 258 g/mol. The third-order valence-electron chi connectivity index (χ3n) is 3.79. The minimum Gasteiger partial charge on any atom is -0.496 e. The largest absolute Gasteiger partial charge is 0.496 e. The smallest absolute Gasteiger partial charge is 0.224 e. The number of methoxy groups -OCH3 is 1. The summed E-state index contributed by atoms with van der Waals surface area (Å²) in [6, 6.07) is 6.24. The van der Waals surface area contributed by atoms with E-state index in [1.807, 2.05) is 24.4 Å². The molecule has 1 aromatic heterocycles. The molecule has 2 N–H and O–H groups in total. The molecule has 1 fully saturated rings. The first-order chi connectivity index (χ1) is 9.28. The van der Waals surface area contributed by atoms with E-state index in [2.05, 4.69) is 10.3 Å². The van der Waals surface area contributed by atoms with Gasteiger partial charge in [-0.05, 0) is 37.0 Å². The Balaban J connectivity index is 1.81. The van der Waals surface area contributed by atoms with Crippen LogP contribution in [0.1, 0.15) is 24.8 Å². The number of carbonyl (C=O) groups is 1. The maximum atomic E-state index is 12.0. The van der Waals surface area contributed by atoms with Crippen LogP contribution in [0.25, 0.3) is 10.9 Å². The Morgan fingerprint density at radius 1 is 1.47 bits per heavy atom. The lowest BCUT2D eigenvalue weighted by Gasteiger charge is -2.26. The number of carbonyl (C=O) groups excluding carboxylic acids is 1. The number of ether oxygens (including phenoxy) is 1. The molecule has 3 rings (SSSR count). The van der Waals surface area contributed by atoms with Gasteiger partial charge in [-0.2, -0.15) is 0 Å². The van der Waals surface area contributed by atoms with Crippen molar-refractivity contribution in [3.05, 3.63) is 30.0 Å². The summed E-state index contributed by atoms with van der Waals surface area (Å²) in [6.45, 7) is 0. The molecule has 100 valence electrons. The fraction of sp³-hybridized carbons (Fsp3) is 0.400. The quantitative estimate of drug-likeness (QED) is 0.884. The number of hydrogen-bond donors (Lipinski definition) is 2. The van der Waals surface area contributed by atoms with Crippen molar-refractivity contribution in [3.8, 4) is 5.75 Å². The van der Waals surface area contributed by atoms with Gasteiger partial charge in [0, 0.05) is 23.1 Å². The number of hydrogen-bond acceptors (Lipinski definition) is 2. The molecule has 1 aliphatic rings. The third-order valence-corrected chi connectivity index (χ3v) is 3.79. The zero-order valence-corrected chi connectivity index (χ0v) is 11.0. The van der Waals surface area contributed by atoms with E-state index >= 15 is 0 Å². The van der Waals surface area contributed by atoms with E-state index in [0.717, 1.165) is 35.1 Å². The normalized spacial score (nSPS) is 15.2. The summed E-state index contributed by atoms with van der Waals surface area (Å²) < 4.78 is 5.37. The van der Waals surface area contributed by atoms with Gasteiger partial charge in [0.05, 0.1) is 13.5 Å². The van der Waals surface area contributed by atoms with Crippen LogP contribution in [0.2, 0.25) is 0 Å². The summed E-state index contributed by atoms with van der Waals surface area (Å²) >= 11 is 0. The van der Waals surface area contributed by atoms with E-state index in [1.165, 1.54) is 6.42 Å². The van der Waals surface area contributed by atoms with Gasteiger partial charge in [-0.25, -0.2) is 0 Å². The fourth-order valence-corrected chi connectivity index (χ4v) is 2.53. The SMILES string of the molecule is COc1cccc2[nH]cc(CC(=O)NC3CCC3)c12. The Morgan fingerprint density at radius 3 is 3.00 bits per heavy atom. The number of aromatic amines is 1. The van der Waals surface area contributed by atoms with Gasteiger partial charge < -0.3 is 15.0 Å². The second-order valence-electron chi connectivity index (χ2n) is 5.07. The van der Waals surface area contributed by atoms with Gasteiger partial charge in [-0.1, -0.05) is 6.07 Å². The van der Waals surface area contributed by atoms with Crippen molar-refractivity contribution in [1.82, 2.24) is 10.3 Å². The van der Waals surface area contributed by atoms with E-state index in [4.69, 9.17) is 4.74 Å². The first kappa shape index (κ1) is 12.1. The van der Waals surface area contributed by atoms with E-state index in [1.54, 1.807) is 7.11 Å². The van der Waals surface area contributed by atoms with Crippen molar-refractivity contribution in [1.29, 1.82) is 0 Å². The van der Waals surface area contributed by atoms with Crippen molar-refractivity contribution in [2.75, 3.05) is 7.11 Å². The molecule has 0 unspecified atom stereocenters. The van der Waals surface area contributed by atoms with E-state index in [-0.39, 0.29) is 5.91 Å². The Bertz CT molecular complexity index is 599. The van der Waals surface area contributed by atoms with Crippen LogP contribution < -0.4 is 10.1 Å². The Labute approximate surface area is 112 Å². The van der Waals surface area contributed by atoms with Crippen LogP contribution in [-0.4, -0.2) is 24.0 Å². The van der Waals surface area contributed by atoms with E-state index in [9.17, 15) is 4.79 Å². The number of rotatable bonds is 4. The molecule has 1 saturated carbocycles. The first-order valence-electron chi connectivity index (χ1n) is 6.70. The minimum absolute atomic E-state index is 0.0940. The van der Waals surface area contributed by atoms with E-state index in [0.29, 0.717) is 12.5 Å². The number of amides is 1. The molecule has 0 aliphatic heterocycles. The average Bonchev–Trinajstić information content (AvgIpc) is 2.77. The summed E-state index contributed by atoms with van der Waals surface area (Å²) in [5, 5.41) is 4.07. The molecule has 4 heteroatoms. The van der Waals surface area contributed by atoms with Crippen LogP contribution >= 0.6 is 0 Å². The maximum absolute atomic E-state index is 12.0. The van der Waals surface area contributed by atoms with Gasteiger partial charge in [-0.3, -0.25) is 4.79 Å².